The van der Waals surface area contributed by atoms with Gasteiger partial charge in [-0.1, -0.05) is 18.2 Å². The number of phenolic OH excluding ortho intramolecular Hbond substituents is 1. The fraction of sp³-hybridized carbons (Fsp3) is 0.385. The molecule has 0 fully saturated rings. The largest absolute Gasteiger partial charge is 0.633 e. The summed E-state index contributed by atoms with van der Waals surface area (Å²) < 4.78 is 29.0. The van der Waals surface area contributed by atoms with Crippen LogP contribution >= 0.6 is 0 Å². The van der Waals surface area contributed by atoms with Gasteiger partial charge in [-0.25, -0.2) is 0 Å². The molecule has 9 nitrogen and oxygen atoms in total. The minimum atomic E-state index is -0.358. The van der Waals surface area contributed by atoms with Gasteiger partial charge in [0.05, 0.1) is 62.7 Å². The predicted molar refractivity (Wildman–Crippen MR) is 185 cm³/mol. The highest BCUT2D eigenvalue weighted by atomic mass is 16.5. The van der Waals surface area contributed by atoms with Gasteiger partial charge < -0.3 is 43.1 Å². The van der Waals surface area contributed by atoms with E-state index in [1.807, 2.05) is 48.5 Å². The number of ether oxygens (including phenoxy) is 5. The molecule has 48 heavy (non-hydrogen) atoms. The van der Waals surface area contributed by atoms with Crippen LogP contribution in [0.5, 0.6) is 40.2 Å². The van der Waals surface area contributed by atoms with Crippen LogP contribution in [0, 0.1) is 5.21 Å². The number of quaternary nitrogens is 2. The predicted octanol–water partition coefficient (Wildman–Crippen LogP) is 6.92. The normalized spacial score (nSPS) is 21.1. The van der Waals surface area contributed by atoms with Crippen LogP contribution < -0.4 is 23.7 Å². The first kappa shape index (κ1) is 33.5. The quantitative estimate of drug-likeness (QED) is 0.147. The summed E-state index contributed by atoms with van der Waals surface area (Å²) in [5.41, 5.74) is 6.73. The van der Waals surface area contributed by atoms with E-state index in [-0.39, 0.29) is 22.5 Å². The van der Waals surface area contributed by atoms with Gasteiger partial charge in [0.15, 0.2) is 34.5 Å². The lowest BCUT2D eigenvalue weighted by molar-refractivity contribution is -0.923. The van der Waals surface area contributed by atoms with Gasteiger partial charge in [-0.05, 0) is 70.8 Å². The first-order valence-electron chi connectivity index (χ1n) is 16.4. The molecular weight excluding hydrogens is 608 g/mol. The van der Waals surface area contributed by atoms with Gasteiger partial charge in [0.1, 0.15) is 17.8 Å². The lowest BCUT2D eigenvalue weighted by Gasteiger charge is -2.49. The molecule has 0 amide bonds. The third kappa shape index (κ3) is 6.50. The van der Waals surface area contributed by atoms with Gasteiger partial charge in [-0.3, -0.25) is 0 Å². The summed E-state index contributed by atoms with van der Waals surface area (Å²) >= 11 is 0. The van der Waals surface area contributed by atoms with Gasteiger partial charge in [-0.15, -0.1) is 0 Å². The van der Waals surface area contributed by atoms with Crippen molar-refractivity contribution in [2.45, 2.75) is 37.8 Å². The van der Waals surface area contributed by atoms with Crippen LogP contribution in [0.25, 0.3) is 0 Å². The number of phenols is 1. The molecule has 0 unspecified atom stereocenters. The van der Waals surface area contributed by atoms with Crippen LogP contribution in [0.4, 0.5) is 0 Å². The van der Waals surface area contributed by atoms with Crippen LogP contribution in [0.15, 0.2) is 66.7 Å². The minimum Gasteiger partial charge on any atom is -0.633 e. The van der Waals surface area contributed by atoms with Crippen molar-refractivity contribution < 1.29 is 37.9 Å². The minimum absolute atomic E-state index is 0.0784. The van der Waals surface area contributed by atoms with Crippen molar-refractivity contribution in [3.8, 4) is 40.2 Å². The Morgan fingerprint density at radius 3 is 1.71 bits per heavy atom. The molecular formula is C39H47N2O7+. The van der Waals surface area contributed by atoms with E-state index >= 15 is 0 Å². The Hall–Kier alpha value is -4.44. The molecule has 3 atom stereocenters. The number of hydrogen-bond acceptors (Lipinski definition) is 7. The Balaban J connectivity index is 1.21. The maximum absolute atomic E-state index is 13.7. The van der Waals surface area contributed by atoms with Gasteiger partial charge >= 0.3 is 0 Å². The van der Waals surface area contributed by atoms with E-state index in [9.17, 15) is 10.3 Å². The number of benzene rings is 4. The lowest BCUT2D eigenvalue weighted by atomic mass is 9.87. The fourth-order valence-electron chi connectivity index (χ4n) is 7.35. The number of aromatic hydroxyl groups is 1. The molecule has 4 aromatic rings. The van der Waals surface area contributed by atoms with Crippen LogP contribution in [-0.2, 0) is 25.7 Å². The molecule has 2 heterocycles. The van der Waals surface area contributed by atoms with Crippen LogP contribution in [0.2, 0.25) is 0 Å². The second-order valence-electron chi connectivity index (χ2n) is 13.7. The second kappa shape index (κ2) is 13.2. The van der Waals surface area contributed by atoms with E-state index in [0.29, 0.717) is 42.4 Å². The average Bonchev–Trinajstić information content (AvgIpc) is 3.08. The van der Waals surface area contributed by atoms with Crippen LogP contribution in [-0.4, -0.2) is 76.9 Å². The van der Waals surface area contributed by atoms with Crippen molar-refractivity contribution in [3.05, 3.63) is 105 Å². The molecule has 0 bridgehead atoms. The number of nitrogens with zero attached hydrogens (tertiary/aromatic N) is 2. The van der Waals surface area contributed by atoms with E-state index in [4.69, 9.17) is 23.7 Å². The maximum atomic E-state index is 13.7. The molecule has 2 aliphatic rings. The molecule has 0 radical (unpaired) electrons. The summed E-state index contributed by atoms with van der Waals surface area (Å²) in [4.78, 5) is 0. The molecule has 4 aromatic carbocycles. The third-order valence-corrected chi connectivity index (χ3v) is 10.3. The van der Waals surface area contributed by atoms with Crippen molar-refractivity contribution in [3.63, 3.8) is 0 Å². The van der Waals surface area contributed by atoms with Gasteiger partial charge in [0.25, 0.3) is 0 Å². The number of methoxy groups -OCH3 is 4. The van der Waals surface area contributed by atoms with E-state index in [2.05, 4.69) is 26.2 Å². The summed E-state index contributed by atoms with van der Waals surface area (Å²) in [5, 5.41) is 24.4. The fourth-order valence-corrected chi connectivity index (χ4v) is 7.35. The van der Waals surface area contributed by atoms with Crippen molar-refractivity contribution >= 4 is 0 Å². The molecule has 0 saturated heterocycles. The Kier molecular flexibility index (Phi) is 9.22. The van der Waals surface area contributed by atoms with E-state index in [1.54, 1.807) is 41.6 Å². The Labute approximate surface area is 283 Å². The monoisotopic (exact) mass is 655 g/mol. The Morgan fingerprint density at radius 2 is 1.12 bits per heavy atom. The first-order chi connectivity index (χ1) is 23.0. The van der Waals surface area contributed by atoms with Crippen molar-refractivity contribution in [2.75, 3.05) is 62.7 Å². The van der Waals surface area contributed by atoms with Gasteiger partial charge in [0.2, 0.25) is 0 Å². The topological polar surface area (TPSA) is 89.4 Å². The molecule has 0 saturated carbocycles. The summed E-state index contributed by atoms with van der Waals surface area (Å²) in [5.74, 6) is 3.88. The first-order valence-corrected chi connectivity index (χ1v) is 16.4. The molecule has 254 valence electrons. The van der Waals surface area contributed by atoms with E-state index < -0.39 is 0 Å². The Morgan fingerprint density at radius 1 is 0.625 bits per heavy atom. The zero-order valence-corrected chi connectivity index (χ0v) is 29.0. The van der Waals surface area contributed by atoms with Crippen molar-refractivity contribution in [2.24, 2.45) is 0 Å². The van der Waals surface area contributed by atoms with Gasteiger partial charge in [0, 0.05) is 36.8 Å². The highest BCUT2D eigenvalue weighted by Crippen LogP contribution is 2.44. The standard InChI is InChI=1S/C39H46N2O7/c1-40(2)16-14-27-21-36(44-4)38(46-6)23-30(27)32(40)19-26-10-13-34(42)35(20-26)48-29-11-8-25(9-12-29)18-33-31-24-39(47-7)37(45-5)22-28(31)15-17-41(33,3)43/h8-13,20-24,32-33H,14-19H2,1-7H3/p+1/t32-,33-,41-/m1/s1. The average molecular weight is 656 g/mol. The Bertz CT molecular complexity index is 1780. The molecule has 0 aromatic heterocycles. The summed E-state index contributed by atoms with van der Waals surface area (Å²) in [6.45, 7) is 1.49. The number of hydroxylamine groups is 3. The highest BCUT2D eigenvalue weighted by molar-refractivity contribution is 5.51. The molecule has 0 spiro atoms. The highest BCUT2D eigenvalue weighted by Gasteiger charge is 2.37. The lowest BCUT2D eigenvalue weighted by Crippen LogP contribution is -2.48. The smallest absolute Gasteiger partial charge is 0.169 e. The van der Waals surface area contributed by atoms with Crippen LogP contribution in [0.1, 0.15) is 45.5 Å². The number of hydrogen-bond donors (Lipinski definition) is 1. The van der Waals surface area contributed by atoms with E-state index in [0.717, 1.165) is 57.6 Å². The van der Waals surface area contributed by atoms with Crippen molar-refractivity contribution in [1.82, 2.24) is 0 Å². The molecule has 9 heteroatoms. The SMILES string of the molecule is COc1cc2c(cc1OC)[C@@H](Cc1ccc(O)c(Oc3ccc(C[C@@H]4c5cc(OC)c(OC)cc5CC[N@@+]4(C)[O-])cc3)c1)[N+](C)(C)CC2. The molecule has 6 rings (SSSR count). The van der Waals surface area contributed by atoms with Gasteiger partial charge in [-0.2, -0.15) is 0 Å². The summed E-state index contributed by atoms with van der Waals surface area (Å²) in [6, 6.07) is 21.4. The maximum Gasteiger partial charge on any atom is 0.169 e. The van der Waals surface area contributed by atoms with E-state index in [1.165, 1.54) is 11.1 Å². The van der Waals surface area contributed by atoms with Crippen molar-refractivity contribution in [1.29, 1.82) is 0 Å². The number of rotatable bonds is 10. The second-order valence-corrected chi connectivity index (χ2v) is 13.7. The summed E-state index contributed by atoms with van der Waals surface area (Å²) in [7, 11) is 12.9. The molecule has 0 aliphatic carbocycles. The number of likely N-dealkylation sites (N-methyl/N-ethyl adjacent to an activating group) is 2. The summed E-state index contributed by atoms with van der Waals surface area (Å²) in [6.07, 6.45) is 2.98. The molecule has 2 aliphatic heterocycles. The number of fused-ring (bicyclic) bond motifs is 2. The molecule has 1 N–H and O–H groups in total. The zero-order valence-electron chi connectivity index (χ0n) is 29.0. The van der Waals surface area contributed by atoms with Crippen LogP contribution in [0.3, 0.4) is 0 Å². The third-order valence-electron chi connectivity index (χ3n) is 10.3. The zero-order chi connectivity index (χ0) is 34.2.